The molecule has 2 unspecified atom stereocenters. The lowest BCUT2D eigenvalue weighted by molar-refractivity contribution is 0.222. The van der Waals surface area contributed by atoms with Crippen LogP contribution in [-0.2, 0) is 0 Å². The monoisotopic (exact) mass is 279 g/mol. The highest BCUT2D eigenvalue weighted by atomic mass is 16.5. The van der Waals surface area contributed by atoms with Crippen molar-refractivity contribution in [2.24, 2.45) is 5.92 Å². The second-order valence-corrected chi connectivity index (χ2v) is 5.83. The summed E-state index contributed by atoms with van der Waals surface area (Å²) >= 11 is 0. The van der Waals surface area contributed by atoms with Gasteiger partial charge in [-0.1, -0.05) is 26.2 Å². The molecular weight excluding hydrogens is 254 g/mol. The lowest BCUT2D eigenvalue weighted by Crippen LogP contribution is -2.27. The molecule has 112 valence electrons. The van der Waals surface area contributed by atoms with E-state index in [1.165, 1.54) is 25.7 Å². The van der Waals surface area contributed by atoms with Crippen molar-refractivity contribution in [3.63, 3.8) is 0 Å². The van der Waals surface area contributed by atoms with Gasteiger partial charge in [-0.15, -0.1) is 0 Å². The molecule has 20 heavy (non-hydrogen) atoms. The maximum Gasteiger partial charge on any atom is 0.323 e. The zero-order valence-electron chi connectivity index (χ0n) is 12.6. The van der Waals surface area contributed by atoms with E-state index < -0.39 is 0 Å². The van der Waals surface area contributed by atoms with Gasteiger partial charge >= 0.3 is 6.01 Å². The van der Waals surface area contributed by atoms with E-state index in [9.17, 15) is 0 Å². The molecule has 1 aromatic rings. The first kappa shape index (κ1) is 14.8. The Bertz CT molecular complexity index is 438. The molecule has 6 heteroatoms. The summed E-state index contributed by atoms with van der Waals surface area (Å²) in [7, 11) is 0. The molecule has 2 rings (SSSR count). The molecule has 0 aromatic carbocycles. The van der Waals surface area contributed by atoms with Crippen LogP contribution in [0.25, 0.3) is 0 Å². The Morgan fingerprint density at radius 3 is 2.65 bits per heavy atom. The van der Waals surface area contributed by atoms with Gasteiger partial charge in [-0.3, -0.25) is 0 Å². The summed E-state index contributed by atoms with van der Waals surface area (Å²) in [5, 5.41) is 3.40. The fraction of sp³-hybridized carbons (Fsp3) is 0.786. The zero-order chi connectivity index (χ0) is 14.5. The average Bonchev–Trinajstić information content (AvgIpc) is 2.53. The highest BCUT2D eigenvalue weighted by molar-refractivity contribution is 5.33. The Morgan fingerprint density at radius 1 is 1.15 bits per heavy atom. The van der Waals surface area contributed by atoms with E-state index in [1.807, 2.05) is 13.8 Å². The largest absolute Gasteiger partial charge is 0.461 e. The maximum absolute atomic E-state index is 5.72. The van der Waals surface area contributed by atoms with Gasteiger partial charge in [-0.25, -0.2) is 0 Å². The normalized spacial score (nSPS) is 23.4. The number of hydrogen-bond acceptors (Lipinski definition) is 6. The average molecular weight is 279 g/mol. The Balaban J connectivity index is 2.09. The van der Waals surface area contributed by atoms with Crippen molar-refractivity contribution in [3.05, 3.63) is 0 Å². The number of nitrogens with one attached hydrogen (secondary N) is 1. The molecule has 6 nitrogen and oxygen atoms in total. The predicted molar refractivity (Wildman–Crippen MR) is 79.7 cm³/mol. The van der Waals surface area contributed by atoms with Crippen molar-refractivity contribution in [3.8, 4) is 6.01 Å². The summed E-state index contributed by atoms with van der Waals surface area (Å²) < 4.78 is 5.49. The van der Waals surface area contributed by atoms with Crippen molar-refractivity contribution in [1.29, 1.82) is 0 Å². The minimum Gasteiger partial charge on any atom is -0.461 e. The van der Waals surface area contributed by atoms with Crippen molar-refractivity contribution < 1.29 is 4.74 Å². The van der Waals surface area contributed by atoms with Crippen LogP contribution in [0.15, 0.2) is 0 Å². The van der Waals surface area contributed by atoms with Crippen LogP contribution >= 0.6 is 0 Å². The number of aromatic nitrogens is 3. The fourth-order valence-corrected chi connectivity index (χ4v) is 2.57. The molecule has 1 aliphatic carbocycles. The van der Waals surface area contributed by atoms with Crippen LogP contribution in [0.1, 0.15) is 52.9 Å². The Morgan fingerprint density at radius 2 is 1.90 bits per heavy atom. The van der Waals surface area contributed by atoms with E-state index in [-0.39, 0.29) is 18.1 Å². The third-order valence-corrected chi connectivity index (χ3v) is 3.65. The lowest BCUT2D eigenvalue weighted by atomic mass is 9.97. The highest BCUT2D eigenvalue weighted by Gasteiger charge is 2.21. The molecular formula is C14H25N5O. The van der Waals surface area contributed by atoms with Crippen LogP contribution < -0.4 is 15.8 Å². The van der Waals surface area contributed by atoms with Gasteiger partial charge < -0.3 is 15.8 Å². The number of anilines is 2. The number of ether oxygens (including phenoxy) is 1. The summed E-state index contributed by atoms with van der Waals surface area (Å²) in [5.74, 6) is 1.33. The topological polar surface area (TPSA) is 86.0 Å². The molecule has 0 radical (unpaired) electrons. The Hall–Kier alpha value is -1.59. The van der Waals surface area contributed by atoms with Crippen molar-refractivity contribution >= 4 is 11.9 Å². The second kappa shape index (κ2) is 6.72. The number of nitrogen functional groups attached to an aromatic ring is 1. The molecule has 2 atom stereocenters. The van der Waals surface area contributed by atoms with Crippen molar-refractivity contribution in [2.45, 2.75) is 65.0 Å². The summed E-state index contributed by atoms with van der Waals surface area (Å²) in [4.78, 5) is 12.5. The summed E-state index contributed by atoms with van der Waals surface area (Å²) in [5.41, 5.74) is 5.72. The van der Waals surface area contributed by atoms with E-state index in [0.29, 0.717) is 17.9 Å². The summed E-state index contributed by atoms with van der Waals surface area (Å²) in [6.45, 7) is 6.14. The molecule has 1 heterocycles. The minimum atomic E-state index is 0.0152. The van der Waals surface area contributed by atoms with Gasteiger partial charge in [0.05, 0.1) is 6.10 Å². The van der Waals surface area contributed by atoms with Gasteiger partial charge in [0.25, 0.3) is 0 Å². The molecule has 0 amide bonds. The van der Waals surface area contributed by atoms with Gasteiger partial charge in [0.1, 0.15) is 0 Å². The first-order chi connectivity index (χ1) is 9.54. The molecule has 1 saturated carbocycles. The van der Waals surface area contributed by atoms with Crippen LogP contribution in [0, 0.1) is 5.92 Å². The number of nitrogens with two attached hydrogens (primary N) is 1. The first-order valence-corrected chi connectivity index (χ1v) is 7.49. The van der Waals surface area contributed by atoms with E-state index >= 15 is 0 Å². The van der Waals surface area contributed by atoms with Crippen LogP contribution in [0.5, 0.6) is 6.01 Å². The third kappa shape index (κ3) is 4.21. The van der Waals surface area contributed by atoms with Crippen molar-refractivity contribution in [1.82, 2.24) is 15.0 Å². The standard InChI is InChI=1S/C14H25N5O/c1-9(2)20-14-18-12(15)17-13(19-14)16-11-8-6-4-5-7-10(11)3/h9-11H,4-8H2,1-3H3,(H3,15,16,17,18,19). The van der Waals surface area contributed by atoms with Gasteiger partial charge in [0.2, 0.25) is 11.9 Å². The quantitative estimate of drug-likeness (QED) is 0.824. The molecule has 1 aliphatic rings. The Kier molecular flexibility index (Phi) is 4.98. The number of nitrogens with zero attached hydrogens (tertiary/aromatic N) is 3. The second-order valence-electron chi connectivity index (χ2n) is 5.83. The molecule has 1 fully saturated rings. The van der Waals surface area contributed by atoms with Gasteiger partial charge in [0, 0.05) is 6.04 Å². The smallest absolute Gasteiger partial charge is 0.323 e. The third-order valence-electron chi connectivity index (χ3n) is 3.65. The van der Waals surface area contributed by atoms with Crippen molar-refractivity contribution in [2.75, 3.05) is 11.1 Å². The Labute approximate surface area is 120 Å². The molecule has 1 aromatic heterocycles. The predicted octanol–water partition coefficient (Wildman–Crippen LogP) is 2.62. The molecule has 0 saturated heterocycles. The van der Waals surface area contributed by atoms with E-state index in [0.717, 1.165) is 6.42 Å². The molecule has 3 N–H and O–H groups in total. The van der Waals surface area contributed by atoms with Crippen LogP contribution in [-0.4, -0.2) is 27.1 Å². The zero-order valence-corrected chi connectivity index (χ0v) is 12.6. The highest BCUT2D eigenvalue weighted by Crippen LogP contribution is 2.25. The summed E-state index contributed by atoms with van der Waals surface area (Å²) in [6.07, 6.45) is 6.27. The molecule has 0 bridgehead atoms. The van der Waals surface area contributed by atoms with Crippen LogP contribution in [0.3, 0.4) is 0 Å². The van der Waals surface area contributed by atoms with E-state index in [4.69, 9.17) is 10.5 Å². The van der Waals surface area contributed by atoms with E-state index in [1.54, 1.807) is 0 Å². The lowest BCUT2D eigenvalue weighted by Gasteiger charge is -2.22. The maximum atomic E-state index is 5.72. The first-order valence-electron chi connectivity index (χ1n) is 7.49. The van der Waals surface area contributed by atoms with Crippen LogP contribution in [0.4, 0.5) is 11.9 Å². The SMILES string of the molecule is CC(C)Oc1nc(N)nc(NC2CCCCCC2C)n1. The van der Waals surface area contributed by atoms with Gasteiger partial charge in [-0.2, -0.15) is 15.0 Å². The van der Waals surface area contributed by atoms with Gasteiger partial charge in [0.15, 0.2) is 0 Å². The summed E-state index contributed by atoms with van der Waals surface area (Å²) in [6, 6.07) is 0.683. The minimum absolute atomic E-state index is 0.0152. The number of rotatable bonds is 4. The van der Waals surface area contributed by atoms with Gasteiger partial charge in [-0.05, 0) is 32.6 Å². The van der Waals surface area contributed by atoms with Crippen LogP contribution in [0.2, 0.25) is 0 Å². The van der Waals surface area contributed by atoms with E-state index in [2.05, 4.69) is 27.2 Å². The molecule has 0 spiro atoms. The molecule has 0 aliphatic heterocycles. The fourth-order valence-electron chi connectivity index (χ4n) is 2.57. The number of hydrogen-bond donors (Lipinski definition) is 2.